The molecule has 0 radical (unpaired) electrons. The van der Waals surface area contributed by atoms with Crippen LogP contribution in [-0.2, 0) is 0 Å². The number of para-hydroxylation sites is 1. The van der Waals surface area contributed by atoms with E-state index in [0.29, 0.717) is 27.8 Å². The number of fused-ring (bicyclic) bond motifs is 3. The van der Waals surface area contributed by atoms with Crippen molar-refractivity contribution in [2.45, 2.75) is 0 Å². The van der Waals surface area contributed by atoms with Crippen LogP contribution in [0.25, 0.3) is 33.1 Å². The molecule has 0 aliphatic carbocycles. The zero-order valence-corrected chi connectivity index (χ0v) is 12.3. The van der Waals surface area contributed by atoms with E-state index in [1.165, 1.54) is 0 Å². The highest BCUT2D eigenvalue weighted by molar-refractivity contribution is 6.09. The van der Waals surface area contributed by atoms with Crippen molar-refractivity contribution in [3.05, 3.63) is 59.0 Å². The fraction of sp³-hybridized carbons (Fsp3) is 0.0556. The third kappa shape index (κ3) is 1.97. The Balaban J connectivity index is 2.05. The molecule has 5 heteroatoms. The van der Waals surface area contributed by atoms with Crippen LogP contribution in [0.2, 0.25) is 0 Å². The molecule has 114 valence electrons. The third-order valence-corrected chi connectivity index (χ3v) is 3.92. The summed E-state index contributed by atoms with van der Waals surface area (Å²) in [6.45, 7) is 0. The second kappa shape index (κ2) is 4.91. The van der Waals surface area contributed by atoms with E-state index < -0.39 is 5.63 Å². The number of hydrogen-bond acceptors (Lipinski definition) is 4. The summed E-state index contributed by atoms with van der Waals surface area (Å²) in [5.74, 6) is 0.753. The summed E-state index contributed by atoms with van der Waals surface area (Å²) < 4.78 is 10.4. The molecule has 0 fully saturated rings. The highest BCUT2D eigenvalue weighted by Crippen LogP contribution is 2.38. The molecule has 0 spiro atoms. The molecule has 2 N–H and O–H groups in total. The van der Waals surface area contributed by atoms with Gasteiger partial charge in [0.05, 0.1) is 18.2 Å². The van der Waals surface area contributed by atoms with Crippen LogP contribution in [0.4, 0.5) is 0 Å². The molecule has 5 nitrogen and oxygen atoms in total. The van der Waals surface area contributed by atoms with Crippen LogP contribution in [0.5, 0.6) is 11.5 Å². The molecule has 0 saturated heterocycles. The van der Waals surface area contributed by atoms with Crippen LogP contribution in [0, 0.1) is 0 Å². The van der Waals surface area contributed by atoms with E-state index in [2.05, 4.69) is 4.98 Å². The number of H-pyrrole nitrogens is 1. The number of aromatic hydroxyl groups is 1. The molecule has 2 aromatic heterocycles. The number of aromatic nitrogens is 1. The molecule has 2 aromatic carbocycles. The standard InChI is InChI=1S/C18H13NO4/c1-22-11-8-6-10(7-9-11)15-17(20)14-12-4-2-3-5-13(12)23-18(21)16(14)19-15/h2-9,19-20H,1H3. The molecule has 0 bridgehead atoms. The number of hydrogen-bond donors (Lipinski definition) is 2. The lowest BCUT2D eigenvalue weighted by molar-refractivity contribution is 0.415. The number of aromatic amines is 1. The van der Waals surface area contributed by atoms with Crippen LogP contribution in [0.1, 0.15) is 0 Å². The average molecular weight is 307 g/mol. The van der Waals surface area contributed by atoms with Gasteiger partial charge in [-0.3, -0.25) is 0 Å². The fourth-order valence-corrected chi connectivity index (χ4v) is 2.79. The monoisotopic (exact) mass is 307 g/mol. The second-order valence-electron chi connectivity index (χ2n) is 5.21. The average Bonchev–Trinajstić information content (AvgIpc) is 2.94. The third-order valence-electron chi connectivity index (χ3n) is 3.92. The maximum Gasteiger partial charge on any atom is 0.360 e. The first-order valence-corrected chi connectivity index (χ1v) is 7.10. The predicted octanol–water partition coefficient (Wildman–Crippen LogP) is 3.66. The van der Waals surface area contributed by atoms with Gasteiger partial charge < -0.3 is 19.2 Å². The Morgan fingerprint density at radius 2 is 1.83 bits per heavy atom. The van der Waals surface area contributed by atoms with Crippen molar-refractivity contribution in [1.82, 2.24) is 4.98 Å². The van der Waals surface area contributed by atoms with Crippen molar-refractivity contribution >= 4 is 21.9 Å². The topological polar surface area (TPSA) is 75.5 Å². The predicted molar refractivity (Wildman–Crippen MR) is 88.0 cm³/mol. The molecule has 0 aliphatic heterocycles. The minimum absolute atomic E-state index is 0.0364. The van der Waals surface area contributed by atoms with Crippen molar-refractivity contribution in [3.8, 4) is 22.8 Å². The van der Waals surface area contributed by atoms with Gasteiger partial charge in [-0.25, -0.2) is 4.79 Å². The van der Waals surface area contributed by atoms with E-state index in [0.717, 1.165) is 5.56 Å². The van der Waals surface area contributed by atoms with E-state index in [1.54, 1.807) is 31.4 Å². The van der Waals surface area contributed by atoms with Gasteiger partial charge in [-0.1, -0.05) is 18.2 Å². The maximum atomic E-state index is 12.2. The van der Waals surface area contributed by atoms with Gasteiger partial charge in [-0.2, -0.15) is 0 Å². The molecule has 0 aliphatic rings. The molecular formula is C18H13NO4. The maximum absolute atomic E-state index is 12.2. The first kappa shape index (κ1) is 13.5. The van der Waals surface area contributed by atoms with Crippen LogP contribution in [0.3, 0.4) is 0 Å². The Morgan fingerprint density at radius 3 is 2.57 bits per heavy atom. The lowest BCUT2D eigenvalue weighted by atomic mass is 10.1. The molecular weight excluding hydrogens is 294 g/mol. The summed E-state index contributed by atoms with van der Waals surface area (Å²) in [6, 6.07) is 14.3. The fourth-order valence-electron chi connectivity index (χ4n) is 2.79. The van der Waals surface area contributed by atoms with Crippen molar-refractivity contribution in [1.29, 1.82) is 0 Å². The normalized spacial score (nSPS) is 11.2. The van der Waals surface area contributed by atoms with Gasteiger partial charge in [0.25, 0.3) is 0 Å². The van der Waals surface area contributed by atoms with E-state index >= 15 is 0 Å². The number of rotatable bonds is 2. The van der Waals surface area contributed by atoms with Crippen LogP contribution >= 0.6 is 0 Å². The van der Waals surface area contributed by atoms with Gasteiger partial charge in [0, 0.05) is 10.9 Å². The number of ether oxygens (including phenoxy) is 1. The van der Waals surface area contributed by atoms with Gasteiger partial charge in [-0.05, 0) is 30.3 Å². The largest absolute Gasteiger partial charge is 0.505 e. The molecule has 0 unspecified atom stereocenters. The summed E-state index contributed by atoms with van der Waals surface area (Å²) in [7, 11) is 1.59. The molecule has 2 heterocycles. The lowest BCUT2D eigenvalue weighted by Crippen LogP contribution is -1.99. The zero-order valence-electron chi connectivity index (χ0n) is 12.3. The summed E-state index contributed by atoms with van der Waals surface area (Å²) in [6.07, 6.45) is 0. The summed E-state index contributed by atoms with van der Waals surface area (Å²) in [5.41, 5.74) is 1.43. The molecule has 0 atom stereocenters. The van der Waals surface area contributed by atoms with Gasteiger partial charge in [0.1, 0.15) is 22.6 Å². The molecule has 0 saturated carbocycles. The quantitative estimate of drug-likeness (QED) is 0.554. The van der Waals surface area contributed by atoms with Crippen LogP contribution in [-0.4, -0.2) is 17.2 Å². The van der Waals surface area contributed by atoms with Gasteiger partial charge >= 0.3 is 5.63 Å². The molecule has 4 aromatic rings. The van der Waals surface area contributed by atoms with Gasteiger partial charge in [0.15, 0.2) is 0 Å². The van der Waals surface area contributed by atoms with Gasteiger partial charge in [-0.15, -0.1) is 0 Å². The van der Waals surface area contributed by atoms with E-state index in [1.807, 2.05) is 24.3 Å². The highest BCUT2D eigenvalue weighted by Gasteiger charge is 2.18. The van der Waals surface area contributed by atoms with E-state index in [4.69, 9.17) is 9.15 Å². The smallest absolute Gasteiger partial charge is 0.360 e. The van der Waals surface area contributed by atoms with Crippen molar-refractivity contribution in [2.24, 2.45) is 0 Å². The Kier molecular flexibility index (Phi) is 2.87. The molecule has 23 heavy (non-hydrogen) atoms. The Morgan fingerprint density at radius 1 is 1.09 bits per heavy atom. The zero-order chi connectivity index (χ0) is 16.0. The lowest BCUT2D eigenvalue weighted by Gasteiger charge is -2.02. The minimum atomic E-state index is -0.506. The second-order valence-corrected chi connectivity index (χ2v) is 5.21. The Hall–Kier alpha value is -3.21. The Bertz CT molecular complexity index is 1070. The number of benzene rings is 2. The summed E-state index contributed by atoms with van der Waals surface area (Å²) in [5, 5.41) is 11.8. The van der Waals surface area contributed by atoms with Crippen molar-refractivity contribution in [2.75, 3.05) is 7.11 Å². The SMILES string of the molecule is COc1ccc(-c2[nH]c3c(=O)oc4ccccc4c3c2O)cc1. The number of methoxy groups -OCH3 is 1. The van der Waals surface area contributed by atoms with Crippen molar-refractivity contribution < 1.29 is 14.3 Å². The summed E-state index contributed by atoms with van der Waals surface area (Å²) in [4.78, 5) is 15.1. The van der Waals surface area contributed by atoms with Crippen LogP contribution < -0.4 is 10.4 Å². The highest BCUT2D eigenvalue weighted by atomic mass is 16.5. The minimum Gasteiger partial charge on any atom is -0.505 e. The summed E-state index contributed by atoms with van der Waals surface area (Å²) >= 11 is 0. The molecule has 4 rings (SSSR count). The first-order chi connectivity index (χ1) is 11.2. The van der Waals surface area contributed by atoms with E-state index in [-0.39, 0.29) is 11.3 Å². The Labute approximate surface area is 130 Å². The van der Waals surface area contributed by atoms with E-state index in [9.17, 15) is 9.90 Å². The first-order valence-electron chi connectivity index (χ1n) is 7.10. The molecule has 0 amide bonds. The number of nitrogens with one attached hydrogen (secondary N) is 1. The van der Waals surface area contributed by atoms with Crippen molar-refractivity contribution in [3.63, 3.8) is 0 Å². The van der Waals surface area contributed by atoms with Gasteiger partial charge in [0.2, 0.25) is 0 Å². The van der Waals surface area contributed by atoms with Crippen LogP contribution in [0.15, 0.2) is 57.7 Å².